The van der Waals surface area contributed by atoms with E-state index in [-0.39, 0.29) is 0 Å². The van der Waals surface area contributed by atoms with Crippen LogP contribution in [-0.2, 0) is 14.3 Å². The van der Waals surface area contributed by atoms with Crippen molar-refractivity contribution >= 4 is 51.4 Å². The topological polar surface area (TPSA) is 84.5 Å². The van der Waals surface area contributed by atoms with E-state index in [0.717, 1.165) is 10.5 Å². The Kier molecular flexibility index (Phi) is 7.37. The van der Waals surface area contributed by atoms with Gasteiger partial charge in [0, 0.05) is 21.1 Å². The lowest BCUT2D eigenvalue weighted by Crippen LogP contribution is -2.43. The fraction of sp³-hybridized carbons (Fsp3) is 0.0556. The minimum atomic E-state index is -0.709. The molecule has 0 spiro atoms. The second-order valence-electron chi connectivity index (χ2n) is 4.97. The fourth-order valence-electron chi connectivity index (χ4n) is 1.79. The number of esters is 1. The molecule has 134 valence electrons. The summed E-state index contributed by atoms with van der Waals surface area (Å²) >= 11 is 9.21. The van der Waals surface area contributed by atoms with E-state index < -0.39 is 24.4 Å². The molecule has 0 saturated carbocycles. The summed E-state index contributed by atoms with van der Waals surface area (Å²) in [5.41, 5.74) is 5.41. The normalized spacial score (nSPS) is 10.4. The van der Waals surface area contributed by atoms with Gasteiger partial charge in [-0.2, -0.15) is 0 Å². The monoisotopic (exact) mass is 436 g/mol. The number of hydrazine groups is 1. The van der Waals surface area contributed by atoms with Gasteiger partial charge in [-0.15, -0.1) is 0 Å². The number of rotatable bonds is 5. The lowest BCUT2D eigenvalue weighted by molar-refractivity contribution is -0.144. The number of hydrogen-bond acceptors (Lipinski definition) is 4. The van der Waals surface area contributed by atoms with Crippen LogP contribution in [-0.4, -0.2) is 24.4 Å². The zero-order valence-corrected chi connectivity index (χ0v) is 15.7. The van der Waals surface area contributed by atoms with Crippen molar-refractivity contribution in [2.45, 2.75) is 0 Å². The SMILES string of the molecule is O=C(COC(=O)/C=C/c1ccccc1Cl)NNC(=O)c1ccc(Br)cc1. The smallest absolute Gasteiger partial charge is 0.331 e. The maximum Gasteiger partial charge on any atom is 0.331 e. The van der Waals surface area contributed by atoms with Crippen molar-refractivity contribution < 1.29 is 19.1 Å². The van der Waals surface area contributed by atoms with E-state index >= 15 is 0 Å². The molecule has 0 aliphatic carbocycles. The molecule has 8 heteroatoms. The average Bonchev–Trinajstić information content (AvgIpc) is 2.64. The predicted octanol–water partition coefficient (Wildman–Crippen LogP) is 3.12. The molecular formula is C18H14BrClN2O4. The van der Waals surface area contributed by atoms with Gasteiger partial charge < -0.3 is 4.74 Å². The predicted molar refractivity (Wildman–Crippen MR) is 101 cm³/mol. The van der Waals surface area contributed by atoms with E-state index in [2.05, 4.69) is 26.8 Å². The molecule has 2 rings (SSSR count). The molecule has 26 heavy (non-hydrogen) atoms. The third kappa shape index (κ3) is 6.34. The second-order valence-corrected chi connectivity index (χ2v) is 6.29. The van der Waals surface area contributed by atoms with Gasteiger partial charge in [0.1, 0.15) is 0 Å². The number of amides is 2. The molecule has 2 amide bonds. The molecule has 0 aromatic heterocycles. The van der Waals surface area contributed by atoms with Gasteiger partial charge in [-0.3, -0.25) is 20.4 Å². The zero-order valence-electron chi connectivity index (χ0n) is 13.4. The summed E-state index contributed by atoms with van der Waals surface area (Å²) in [7, 11) is 0. The summed E-state index contributed by atoms with van der Waals surface area (Å²) in [5.74, 6) is -1.87. The van der Waals surface area contributed by atoms with Crippen LogP contribution in [0.25, 0.3) is 6.08 Å². The molecule has 0 saturated heterocycles. The zero-order chi connectivity index (χ0) is 18.9. The number of nitrogens with one attached hydrogen (secondary N) is 2. The van der Waals surface area contributed by atoms with Gasteiger partial charge in [-0.1, -0.05) is 45.7 Å². The molecule has 0 fully saturated rings. The van der Waals surface area contributed by atoms with Crippen LogP contribution in [0.3, 0.4) is 0 Å². The average molecular weight is 438 g/mol. The number of ether oxygens (including phenoxy) is 1. The Morgan fingerprint density at radius 1 is 1.04 bits per heavy atom. The van der Waals surface area contributed by atoms with Crippen LogP contribution < -0.4 is 10.9 Å². The molecule has 2 N–H and O–H groups in total. The van der Waals surface area contributed by atoms with Crippen LogP contribution in [0, 0.1) is 0 Å². The molecule has 0 bridgehead atoms. The van der Waals surface area contributed by atoms with E-state index in [1.807, 2.05) is 0 Å². The molecule has 0 unspecified atom stereocenters. The minimum absolute atomic E-state index is 0.369. The Balaban J connectivity index is 1.74. The number of hydrogen-bond donors (Lipinski definition) is 2. The summed E-state index contributed by atoms with van der Waals surface area (Å²) < 4.78 is 5.61. The highest BCUT2D eigenvalue weighted by atomic mass is 79.9. The third-order valence-electron chi connectivity index (χ3n) is 3.07. The van der Waals surface area contributed by atoms with Crippen molar-refractivity contribution in [2.24, 2.45) is 0 Å². The second kappa shape index (κ2) is 9.74. The highest BCUT2D eigenvalue weighted by Crippen LogP contribution is 2.16. The number of benzene rings is 2. The standard InChI is InChI=1S/C18H14BrClN2O4/c19-14-8-5-13(6-9-14)18(25)22-21-16(23)11-26-17(24)10-7-12-3-1-2-4-15(12)20/h1-10H,11H2,(H,21,23)(H,22,25)/b10-7+. The molecule has 0 aliphatic rings. The van der Waals surface area contributed by atoms with Gasteiger partial charge in [0.05, 0.1) is 0 Å². The van der Waals surface area contributed by atoms with Crippen LogP contribution >= 0.6 is 27.5 Å². The number of carbonyl (C=O) groups is 3. The van der Waals surface area contributed by atoms with Crippen molar-refractivity contribution in [3.8, 4) is 0 Å². The van der Waals surface area contributed by atoms with Gasteiger partial charge in [0.15, 0.2) is 6.61 Å². The quantitative estimate of drug-likeness (QED) is 0.428. The first-order valence-electron chi connectivity index (χ1n) is 7.40. The van der Waals surface area contributed by atoms with Crippen molar-refractivity contribution in [1.29, 1.82) is 0 Å². The van der Waals surface area contributed by atoms with Crippen molar-refractivity contribution in [2.75, 3.05) is 6.61 Å². The lowest BCUT2D eigenvalue weighted by Gasteiger charge is -2.07. The molecule has 6 nitrogen and oxygen atoms in total. The van der Waals surface area contributed by atoms with Gasteiger partial charge >= 0.3 is 5.97 Å². The first kappa shape index (κ1) is 19.7. The highest BCUT2D eigenvalue weighted by Gasteiger charge is 2.09. The fourth-order valence-corrected chi connectivity index (χ4v) is 2.25. The molecule has 0 atom stereocenters. The van der Waals surface area contributed by atoms with Crippen molar-refractivity contribution in [1.82, 2.24) is 10.9 Å². The summed E-state index contributed by atoms with van der Waals surface area (Å²) in [6.07, 6.45) is 2.65. The first-order valence-corrected chi connectivity index (χ1v) is 8.57. The van der Waals surface area contributed by atoms with Crippen LogP contribution in [0.5, 0.6) is 0 Å². The summed E-state index contributed by atoms with van der Waals surface area (Å²) in [4.78, 5) is 35.0. The van der Waals surface area contributed by atoms with E-state index in [1.54, 1.807) is 48.5 Å². The highest BCUT2D eigenvalue weighted by molar-refractivity contribution is 9.10. The van der Waals surface area contributed by atoms with Crippen LogP contribution in [0.2, 0.25) is 5.02 Å². The molecule has 0 aliphatic heterocycles. The van der Waals surface area contributed by atoms with E-state index in [4.69, 9.17) is 16.3 Å². The van der Waals surface area contributed by atoms with Gasteiger partial charge in [-0.05, 0) is 42.0 Å². The van der Waals surface area contributed by atoms with Gasteiger partial charge in [0.25, 0.3) is 11.8 Å². The van der Waals surface area contributed by atoms with Crippen LogP contribution in [0.1, 0.15) is 15.9 Å². The lowest BCUT2D eigenvalue weighted by atomic mass is 10.2. The Hall–Kier alpha value is -2.64. The van der Waals surface area contributed by atoms with Crippen molar-refractivity contribution in [3.05, 3.63) is 75.2 Å². The van der Waals surface area contributed by atoms with E-state index in [0.29, 0.717) is 16.1 Å². The molecular weight excluding hydrogens is 424 g/mol. The van der Waals surface area contributed by atoms with Gasteiger partial charge in [0.2, 0.25) is 0 Å². The van der Waals surface area contributed by atoms with Crippen LogP contribution in [0.15, 0.2) is 59.1 Å². The van der Waals surface area contributed by atoms with Crippen LogP contribution in [0.4, 0.5) is 0 Å². The summed E-state index contributed by atoms with van der Waals surface area (Å²) in [5, 5.41) is 0.491. The third-order valence-corrected chi connectivity index (χ3v) is 3.94. The molecule has 0 heterocycles. The Labute approximate surface area is 163 Å². The summed E-state index contributed by atoms with van der Waals surface area (Å²) in [6, 6.07) is 13.5. The largest absolute Gasteiger partial charge is 0.452 e. The number of carbonyl (C=O) groups excluding carboxylic acids is 3. The molecule has 0 radical (unpaired) electrons. The number of halogens is 2. The molecule has 2 aromatic rings. The Morgan fingerprint density at radius 2 is 1.73 bits per heavy atom. The Morgan fingerprint density at radius 3 is 2.42 bits per heavy atom. The maximum absolute atomic E-state index is 11.8. The van der Waals surface area contributed by atoms with E-state index in [9.17, 15) is 14.4 Å². The first-order chi connectivity index (χ1) is 12.5. The maximum atomic E-state index is 11.8. The van der Waals surface area contributed by atoms with Crippen molar-refractivity contribution in [3.63, 3.8) is 0 Å². The molecule has 2 aromatic carbocycles. The minimum Gasteiger partial charge on any atom is -0.452 e. The van der Waals surface area contributed by atoms with Gasteiger partial charge in [-0.25, -0.2) is 4.79 Å². The summed E-state index contributed by atoms with van der Waals surface area (Å²) in [6.45, 7) is -0.535. The Bertz CT molecular complexity index is 837. The van der Waals surface area contributed by atoms with E-state index in [1.165, 1.54) is 6.08 Å².